The fraction of sp³-hybridized carbons (Fsp3) is 0.769. The van der Waals surface area contributed by atoms with Crippen LogP contribution in [-0.2, 0) is 4.79 Å². The number of nitrogens with zero attached hydrogens (tertiary/aromatic N) is 3. The highest BCUT2D eigenvalue weighted by Gasteiger charge is 2.29. The molecule has 0 saturated heterocycles. The second-order valence-corrected chi connectivity index (χ2v) is 6.42. The summed E-state index contributed by atoms with van der Waals surface area (Å²) in [5, 5.41) is 18.0. The summed E-state index contributed by atoms with van der Waals surface area (Å²) in [6, 6.07) is 0.359. The molecule has 1 unspecified atom stereocenters. The van der Waals surface area contributed by atoms with Crippen LogP contribution in [0.4, 0.5) is 0 Å². The third-order valence-electron chi connectivity index (χ3n) is 3.77. The zero-order chi connectivity index (χ0) is 14.0. The number of carboxylic acids is 1. The molecule has 1 aliphatic rings. The van der Waals surface area contributed by atoms with Crippen LogP contribution in [0.3, 0.4) is 0 Å². The fourth-order valence-electron chi connectivity index (χ4n) is 2.42. The van der Waals surface area contributed by atoms with Crippen molar-refractivity contribution in [1.29, 1.82) is 0 Å². The molecule has 6 heteroatoms. The number of hydrogen-bond acceptors (Lipinski definition) is 4. The minimum Gasteiger partial charge on any atom is -0.481 e. The molecule has 0 aliphatic heterocycles. The summed E-state index contributed by atoms with van der Waals surface area (Å²) in [6.45, 7) is 6.39. The van der Waals surface area contributed by atoms with Crippen LogP contribution in [0.15, 0.2) is 5.16 Å². The third-order valence-corrected chi connectivity index (χ3v) is 4.70. The van der Waals surface area contributed by atoms with Crippen molar-refractivity contribution in [2.45, 2.75) is 57.1 Å². The summed E-state index contributed by atoms with van der Waals surface area (Å²) in [5.41, 5.74) is 0. The SMILES string of the molecule is CC(C)c1nnc(SCC(=O)O)n1C(C)C1CCC1. The van der Waals surface area contributed by atoms with E-state index in [4.69, 9.17) is 5.11 Å². The topological polar surface area (TPSA) is 68.0 Å². The molecule has 1 aromatic heterocycles. The van der Waals surface area contributed by atoms with Gasteiger partial charge in [-0.2, -0.15) is 0 Å². The molecule has 19 heavy (non-hydrogen) atoms. The van der Waals surface area contributed by atoms with E-state index in [0.29, 0.717) is 17.9 Å². The van der Waals surface area contributed by atoms with Gasteiger partial charge in [0.25, 0.3) is 0 Å². The smallest absolute Gasteiger partial charge is 0.313 e. The Morgan fingerprint density at radius 3 is 2.58 bits per heavy atom. The van der Waals surface area contributed by atoms with E-state index in [-0.39, 0.29) is 5.75 Å². The predicted molar refractivity (Wildman–Crippen MR) is 74.5 cm³/mol. The second-order valence-electron chi connectivity index (χ2n) is 5.48. The van der Waals surface area contributed by atoms with Gasteiger partial charge in [0.05, 0.1) is 5.75 Å². The minimum absolute atomic E-state index is 0.0353. The van der Waals surface area contributed by atoms with Crippen LogP contribution in [0.2, 0.25) is 0 Å². The monoisotopic (exact) mass is 283 g/mol. The number of aliphatic carboxylic acids is 1. The Balaban J connectivity index is 2.24. The van der Waals surface area contributed by atoms with Crippen LogP contribution in [0.1, 0.15) is 57.8 Å². The highest BCUT2D eigenvalue weighted by molar-refractivity contribution is 7.99. The lowest BCUT2D eigenvalue weighted by Crippen LogP contribution is -2.25. The molecule has 0 spiro atoms. The molecular weight excluding hydrogens is 262 g/mol. The van der Waals surface area contributed by atoms with E-state index < -0.39 is 5.97 Å². The summed E-state index contributed by atoms with van der Waals surface area (Å²) in [5.74, 6) is 1.16. The lowest BCUT2D eigenvalue weighted by Gasteiger charge is -2.33. The number of aromatic nitrogens is 3. The van der Waals surface area contributed by atoms with Crippen molar-refractivity contribution < 1.29 is 9.90 Å². The van der Waals surface area contributed by atoms with Crippen LogP contribution in [-0.4, -0.2) is 31.6 Å². The number of thioether (sulfide) groups is 1. The summed E-state index contributed by atoms with van der Waals surface area (Å²) < 4.78 is 2.15. The summed E-state index contributed by atoms with van der Waals surface area (Å²) in [7, 11) is 0. The zero-order valence-electron chi connectivity index (χ0n) is 11.7. The molecular formula is C13H21N3O2S. The fourth-order valence-corrected chi connectivity index (χ4v) is 3.17. The molecule has 1 saturated carbocycles. The van der Waals surface area contributed by atoms with Crippen LogP contribution < -0.4 is 0 Å². The van der Waals surface area contributed by atoms with Crippen LogP contribution in [0.25, 0.3) is 0 Å². The number of carboxylic acid groups (broad SMARTS) is 1. The average molecular weight is 283 g/mol. The third kappa shape index (κ3) is 3.11. The Kier molecular flexibility index (Phi) is 4.50. The zero-order valence-corrected chi connectivity index (χ0v) is 12.5. The Hall–Kier alpha value is -1.04. The molecule has 5 nitrogen and oxygen atoms in total. The Morgan fingerprint density at radius 1 is 1.42 bits per heavy atom. The average Bonchev–Trinajstić information content (AvgIpc) is 2.67. The highest BCUT2D eigenvalue weighted by atomic mass is 32.2. The first kappa shape index (κ1) is 14.4. The number of carbonyl (C=O) groups is 1. The van der Waals surface area contributed by atoms with Crippen molar-refractivity contribution in [1.82, 2.24) is 14.8 Å². The van der Waals surface area contributed by atoms with Gasteiger partial charge in [-0.05, 0) is 25.7 Å². The standard InChI is InChI=1S/C13H21N3O2S/c1-8(2)12-14-15-13(19-7-11(17)18)16(12)9(3)10-5-4-6-10/h8-10H,4-7H2,1-3H3,(H,17,18). The van der Waals surface area contributed by atoms with Gasteiger partial charge in [-0.15, -0.1) is 10.2 Å². The normalized spacial score (nSPS) is 17.5. The van der Waals surface area contributed by atoms with Gasteiger partial charge in [-0.3, -0.25) is 4.79 Å². The van der Waals surface area contributed by atoms with E-state index in [1.165, 1.54) is 31.0 Å². The Bertz CT molecular complexity index is 455. The lowest BCUT2D eigenvalue weighted by atomic mass is 9.80. The van der Waals surface area contributed by atoms with Gasteiger partial charge in [-0.25, -0.2) is 0 Å². The number of rotatable bonds is 6. The molecule has 1 fully saturated rings. The predicted octanol–water partition coefficient (Wildman–Crippen LogP) is 2.94. The lowest BCUT2D eigenvalue weighted by molar-refractivity contribution is -0.133. The van der Waals surface area contributed by atoms with Crippen molar-refractivity contribution >= 4 is 17.7 Å². The Labute approximate surface area is 117 Å². The van der Waals surface area contributed by atoms with Crippen LogP contribution in [0.5, 0.6) is 0 Å². The van der Waals surface area contributed by atoms with E-state index in [1.54, 1.807) is 0 Å². The van der Waals surface area contributed by atoms with Gasteiger partial charge < -0.3 is 9.67 Å². The Morgan fingerprint density at radius 2 is 2.11 bits per heavy atom. The highest BCUT2D eigenvalue weighted by Crippen LogP contribution is 2.39. The second kappa shape index (κ2) is 5.94. The minimum atomic E-state index is -0.818. The van der Waals surface area contributed by atoms with Crippen molar-refractivity contribution in [2.24, 2.45) is 5.92 Å². The molecule has 1 aromatic rings. The van der Waals surface area contributed by atoms with E-state index in [2.05, 4.69) is 35.5 Å². The maximum absolute atomic E-state index is 10.7. The van der Waals surface area contributed by atoms with Gasteiger partial charge in [0.15, 0.2) is 5.16 Å². The van der Waals surface area contributed by atoms with E-state index in [1.807, 2.05) is 0 Å². The van der Waals surface area contributed by atoms with Crippen molar-refractivity contribution in [3.8, 4) is 0 Å². The molecule has 1 atom stereocenters. The van der Waals surface area contributed by atoms with Gasteiger partial charge >= 0.3 is 5.97 Å². The first-order valence-corrected chi connectivity index (χ1v) is 7.78. The van der Waals surface area contributed by atoms with E-state index >= 15 is 0 Å². The van der Waals surface area contributed by atoms with Crippen molar-refractivity contribution in [2.75, 3.05) is 5.75 Å². The van der Waals surface area contributed by atoms with Crippen molar-refractivity contribution in [3.05, 3.63) is 5.82 Å². The van der Waals surface area contributed by atoms with Crippen molar-refractivity contribution in [3.63, 3.8) is 0 Å². The summed E-state index contributed by atoms with van der Waals surface area (Å²) >= 11 is 1.26. The van der Waals surface area contributed by atoms with Gasteiger partial charge in [-0.1, -0.05) is 32.0 Å². The molecule has 0 amide bonds. The maximum Gasteiger partial charge on any atom is 0.313 e. The molecule has 106 valence electrons. The van der Waals surface area contributed by atoms with Crippen LogP contribution >= 0.6 is 11.8 Å². The quantitative estimate of drug-likeness (QED) is 0.813. The van der Waals surface area contributed by atoms with E-state index in [9.17, 15) is 4.79 Å². The molecule has 0 bridgehead atoms. The summed E-state index contributed by atoms with van der Waals surface area (Å²) in [4.78, 5) is 10.7. The molecule has 0 radical (unpaired) electrons. The van der Waals surface area contributed by atoms with Crippen LogP contribution in [0, 0.1) is 5.92 Å². The molecule has 1 N–H and O–H groups in total. The molecule has 0 aromatic carbocycles. The van der Waals surface area contributed by atoms with Gasteiger partial charge in [0, 0.05) is 12.0 Å². The molecule has 2 rings (SSSR count). The van der Waals surface area contributed by atoms with Gasteiger partial charge in [0.2, 0.25) is 0 Å². The van der Waals surface area contributed by atoms with E-state index in [0.717, 1.165) is 11.0 Å². The molecule has 1 aliphatic carbocycles. The number of hydrogen-bond donors (Lipinski definition) is 1. The molecule has 1 heterocycles. The maximum atomic E-state index is 10.7. The first-order valence-electron chi connectivity index (χ1n) is 6.80. The van der Waals surface area contributed by atoms with Gasteiger partial charge in [0.1, 0.15) is 5.82 Å². The largest absolute Gasteiger partial charge is 0.481 e. The first-order chi connectivity index (χ1) is 9.00. The summed E-state index contributed by atoms with van der Waals surface area (Å²) in [6.07, 6.45) is 3.80.